The first kappa shape index (κ1) is 48.8. The number of allylic oxidation sites excluding steroid dienone is 2. The molecule has 3 saturated heterocycles. The monoisotopic (exact) mass is 828 g/mol. The van der Waals surface area contributed by atoms with Crippen molar-refractivity contribution in [3.05, 3.63) is 24.3 Å². The molecule has 4 rings (SSSR count). The summed E-state index contributed by atoms with van der Waals surface area (Å²) in [4.78, 5) is 27.3. The summed E-state index contributed by atoms with van der Waals surface area (Å²) in [6, 6.07) is -0.516. The molecule has 0 radical (unpaired) electrons. The van der Waals surface area contributed by atoms with E-state index in [2.05, 4.69) is 5.32 Å². The van der Waals surface area contributed by atoms with Crippen molar-refractivity contribution < 1.29 is 67.9 Å². The predicted molar refractivity (Wildman–Crippen MR) is 212 cm³/mol. The van der Waals surface area contributed by atoms with Crippen molar-refractivity contribution >= 4 is 12.3 Å². The van der Waals surface area contributed by atoms with E-state index in [0.717, 1.165) is 12.7 Å². The molecule has 0 aromatic heterocycles. The topological polar surface area (TPSA) is 204 Å². The fourth-order valence-corrected chi connectivity index (χ4v) is 8.81. The molecule has 4 heterocycles. The van der Waals surface area contributed by atoms with Crippen LogP contribution < -0.4 is 5.32 Å². The van der Waals surface area contributed by atoms with Gasteiger partial charge in [-0.3, -0.25) is 4.79 Å². The maximum Gasteiger partial charge on any atom is 0.308 e. The molecule has 0 bridgehead atoms. The Balaban J connectivity index is 1.66. The van der Waals surface area contributed by atoms with Gasteiger partial charge in [0, 0.05) is 32.4 Å². The number of hydrogen-bond acceptors (Lipinski definition) is 16. The Hall–Kier alpha value is -1.90. The third-order valence-corrected chi connectivity index (χ3v) is 12.1. The van der Waals surface area contributed by atoms with Crippen LogP contribution in [0.3, 0.4) is 0 Å². The molecule has 0 aromatic rings. The van der Waals surface area contributed by atoms with Crippen LogP contribution in [0.1, 0.15) is 86.5 Å². The van der Waals surface area contributed by atoms with Crippen LogP contribution in [0.15, 0.2) is 24.3 Å². The molecule has 16 heteroatoms. The third kappa shape index (κ3) is 12.8. The summed E-state index contributed by atoms with van der Waals surface area (Å²) in [7, 11) is 6.86. The van der Waals surface area contributed by atoms with Crippen LogP contribution >= 0.6 is 0 Å². The average Bonchev–Trinajstić information content (AvgIpc) is 3.14. The molecule has 0 unspecified atom stereocenters. The van der Waals surface area contributed by atoms with Crippen LogP contribution in [-0.4, -0.2) is 170 Å². The van der Waals surface area contributed by atoms with E-state index in [1.54, 1.807) is 39.8 Å². The fraction of sp³-hybridized carbons (Fsp3) is 0.857. The molecule has 16 nitrogen and oxygen atoms in total. The molecular formula is C42H72N2O14. The summed E-state index contributed by atoms with van der Waals surface area (Å²) in [6.45, 7) is 10.7. The lowest BCUT2D eigenvalue weighted by molar-refractivity contribution is -0.344. The van der Waals surface area contributed by atoms with E-state index in [9.17, 15) is 30.0 Å². The maximum absolute atomic E-state index is 13.1. The second-order valence-corrected chi connectivity index (χ2v) is 17.2. The van der Waals surface area contributed by atoms with Crippen molar-refractivity contribution in [1.29, 1.82) is 0 Å². The number of carbonyl (C=O) groups is 2. The number of carbonyl (C=O) groups excluding carboxylic acids is 2. The van der Waals surface area contributed by atoms with Crippen molar-refractivity contribution in [3.8, 4) is 0 Å². The van der Waals surface area contributed by atoms with Gasteiger partial charge in [0.05, 0.1) is 54.7 Å². The molecule has 334 valence electrons. The molecule has 0 aliphatic carbocycles. The Morgan fingerprint density at radius 1 is 0.931 bits per heavy atom. The van der Waals surface area contributed by atoms with Gasteiger partial charge in [-0.05, 0) is 86.9 Å². The third-order valence-electron chi connectivity index (χ3n) is 12.1. The van der Waals surface area contributed by atoms with Gasteiger partial charge < -0.3 is 73.3 Å². The number of esters is 1. The van der Waals surface area contributed by atoms with Gasteiger partial charge in [-0.2, -0.15) is 0 Å². The van der Waals surface area contributed by atoms with Crippen LogP contribution in [0.5, 0.6) is 0 Å². The number of likely N-dealkylation sites (N-methyl/N-ethyl adjacent to an activating group) is 2. The van der Waals surface area contributed by atoms with Crippen molar-refractivity contribution in [2.24, 2.45) is 11.8 Å². The van der Waals surface area contributed by atoms with Crippen molar-refractivity contribution in [3.63, 3.8) is 0 Å². The van der Waals surface area contributed by atoms with Crippen molar-refractivity contribution in [2.45, 2.75) is 190 Å². The van der Waals surface area contributed by atoms with Crippen LogP contribution in [0.2, 0.25) is 0 Å². The van der Waals surface area contributed by atoms with Gasteiger partial charge in [-0.15, -0.1) is 0 Å². The first-order valence-corrected chi connectivity index (χ1v) is 20.9. The van der Waals surface area contributed by atoms with Crippen molar-refractivity contribution in [2.75, 3.05) is 28.3 Å². The minimum atomic E-state index is -1.47. The number of aldehydes is 1. The highest BCUT2D eigenvalue weighted by Gasteiger charge is 2.52. The number of ether oxygens (including phenoxy) is 8. The Morgan fingerprint density at radius 3 is 2.26 bits per heavy atom. The number of aliphatic hydroxyl groups excluding tert-OH is 3. The zero-order valence-electron chi connectivity index (χ0n) is 36.0. The van der Waals surface area contributed by atoms with E-state index in [0.29, 0.717) is 19.3 Å². The number of hydrogen-bond donors (Lipinski definition) is 5. The summed E-state index contributed by atoms with van der Waals surface area (Å²) >= 11 is 0. The van der Waals surface area contributed by atoms with Crippen LogP contribution in [0, 0.1) is 11.8 Å². The highest BCUT2D eigenvalue weighted by molar-refractivity contribution is 5.70. The second kappa shape index (κ2) is 22.3. The lowest BCUT2D eigenvalue weighted by atomic mass is 9.82. The van der Waals surface area contributed by atoms with Gasteiger partial charge in [-0.1, -0.05) is 31.2 Å². The standard InChI is InChI=1S/C42H72N2O14/c1-23-20-28(18-19-45)38(58-41-36(48)35(44(8)9)37(26(4)55-41)57-34-22-42(6,50)40(49)27(5)54-34)39(51-10)30(46)21-32(47)52-24(2)14-12-11-13-15-31(23)56-33-17-16-29(43-7)25(3)53-33/h11-13,15,19,23-31,33-41,43,46,48-50H,14,16-18,20-22H2,1-10H3/b12-11+,15-13+/t23-,24-,25-,26-,27+,28+,29+,30-,31+,33+,34+,35-,36-,37-,38+,39+,40+,41+,42-/m1/s1. The van der Waals surface area contributed by atoms with Gasteiger partial charge in [-0.25, -0.2) is 0 Å². The Bertz CT molecular complexity index is 1330. The molecule has 0 saturated carbocycles. The summed E-state index contributed by atoms with van der Waals surface area (Å²) < 4.78 is 49.8. The lowest BCUT2D eigenvalue weighted by Gasteiger charge is -2.50. The first-order chi connectivity index (χ1) is 27.4. The molecule has 0 amide bonds. The minimum absolute atomic E-state index is 0.00951. The van der Waals surface area contributed by atoms with Crippen molar-refractivity contribution in [1.82, 2.24) is 10.2 Å². The predicted octanol–water partition coefficient (Wildman–Crippen LogP) is 1.98. The molecule has 0 aromatic carbocycles. The highest BCUT2D eigenvalue weighted by atomic mass is 16.7. The highest BCUT2D eigenvalue weighted by Crippen LogP contribution is 2.37. The van der Waals surface area contributed by atoms with Crippen LogP contribution in [0.25, 0.3) is 0 Å². The molecule has 19 atom stereocenters. The van der Waals surface area contributed by atoms with E-state index in [1.165, 1.54) is 14.0 Å². The summed E-state index contributed by atoms with van der Waals surface area (Å²) in [5, 5.41) is 48.3. The number of nitrogens with one attached hydrogen (secondary N) is 1. The number of aliphatic hydroxyl groups is 4. The van der Waals surface area contributed by atoms with Gasteiger partial charge in [0.25, 0.3) is 0 Å². The average molecular weight is 829 g/mol. The molecule has 0 spiro atoms. The van der Waals surface area contributed by atoms with Gasteiger partial charge in [0.2, 0.25) is 0 Å². The lowest BCUT2D eigenvalue weighted by Crippen LogP contribution is -2.65. The second-order valence-electron chi connectivity index (χ2n) is 17.2. The molecular weight excluding hydrogens is 756 g/mol. The first-order valence-electron chi connectivity index (χ1n) is 20.9. The van der Waals surface area contributed by atoms with Crippen LogP contribution in [0.4, 0.5) is 0 Å². The molecule has 3 fully saturated rings. The molecule has 5 N–H and O–H groups in total. The van der Waals surface area contributed by atoms with E-state index >= 15 is 0 Å². The number of nitrogens with zero attached hydrogens (tertiary/aromatic N) is 1. The summed E-state index contributed by atoms with van der Waals surface area (Å²) in [5.41, 5.74) is -1.47. The van der Waals surface area contributed by atoms with E-state index in [4.69, 9.17) is 37.9 Å². The molecule has 58 heavy (non-hydrogen) atoms. The molecule has 4 aliphatic rings. The number of methoxy groups -OCH3 is 1. The zero-order chi connectivity index (χ0) is 42.9. The number of rotatable bonds is 11. The van der Waals surface area contributed by atoms with Crippen LogP contribution in [-0.2, 0) is 47.5 Å². The van der Waals surface area contributed by atoms with Gasteiger partial charge >= 0.3 is 5.97 Å². The van der Waals surface area contributed by atoms with Gasteiger partial charge in [0.15, 0.2) is 18.9 Å². The van der Waals surface area contributed by atoms with E-state index in [1.807, 2.05) is 45.2 Å². The summed E-state index contributed by atoms with van der Waals surface area (Å²) in [6.07, 6.45) is -1.64. The Kier molecular flexibility index (Phi) is 18.7. The smallest absolute Gasteiger partial charge is 0.308 e. The molecule has 4 aliphatic heterocycles. The fourth-order valence-electron chi connectivity index (χ4n) is 8.81. The normalized spacial score (nSPS) is 46.3. The summed E-state index contributed by atoms with van der Waals surface area (Å²) in [5.74, 6) is -1.47. The maximum atomic E-state index is 13.1. The minimum Gasteiger partial charge on any atom is -0.462 e. The largest absolute Gasteiger partial charge is 0.462 e. The number of cyclic esters (lactones) is 1. The van der Waals surface area contributed by atoms with E-state index in [-0.39, 0.29) is 30.9 Å². The Labute approximate surface area is 344 Å². The zero-order valence-corrected chi connectivity index (χ0v) is 36.0. The SMILES string of the molecule is CN[C@H]1CC[C@H](O[C@H]2/C=C/C=C/C[C@@H](C)OC(=O)C[C@@H](O)[C@H](OC)[C@@H](O[C@@H]3O[C@H](C)[C@@H](O[C@H]4C[C@@](C)(O)[C@@H](O)[C@H](C)O4)[C@H](N(C)C)[C@H]3O)[C@@H](CC=O)C[C@H]2C)O[C@@H]1C. The quantitative estimate of drug-likeness (QED) is 0.149. The Morgan fingerprint density at radius 2 is 1.64 bits per heavy atom. The van der Waals surface area contributed by atoms with E-state index < -0.39 is 110 Å². The van der Waals surface area contributed by atoms with Gasteiger partial charge in [0.1, 0.15) is 36.8 Å².